The maximum Gasteiger partial charge on any atom is 0.257 e. The van der Waals surface area contributed by atoms with Crippen LogP contribution in [-0.4, -0.2) is 30.8 Å². The van der Waals surface area contributed by atoms with Crippen molar-refractivity contribution in [2.45, 2.75) is 40.0 Å². The highest BCUT2D eigenvalue weighted by atomic mass is 16.5. The topological polar surface area (TPSA) is 58.6 Å². The number of aliphatic hydroxyl groups is 1. The van der Waals surface area contributed by atoms with Gasteiger partial charge in [0.15, 0.2) is 6.61 Å². The number of nitrogens with one attached hydrogen (secondary N) is 1. The minimum absolute atomic E-state index is 0.0128. The van der Waals surface area contributed by atoms with Gasteiger partial charge in [-0.05, 0) is 29.4 Å². The van der Waals surface area contributed by atoms with Crippen LogP contribution in [0.5, 0.6) is 5.75 Å². The Morgan fingerprint density at radius 2 is 2.00 bits per heavy atom. The molecule has 0 radical (unpaired) electrons. The van der Waals surface area contributed by atoms with Gasteiger partial charge >= 0.3 is 0 Å². The number of rotatable bonds is 8. The fourth-order valence-corrected chi connectivity index (χ4v) is 2.01. The molecule has 0 aliphatic carbocycles. The third-order valence-electron chi connectivity index (χ3n) is 3.45. The molecular formula is C17H27NO3. The maximum absolute atomic E-state index is 11.8. The molecule has 0 aliphatic rings. The van der Waals surface area contributed by atoms with Gasteiger partial charge in [-0.3, -0.25) is 4.79 Å². The highest BCUT2D eigenvalue weighted by Gasteiger charge is 2.18. The first kappa shape index (κ1) is 17.5. The van der Waals surface area contributed by atoms with E-state index in [1.165, 1.54) is 0 Å². The van der Waals surface area contributed by atoms with Crippen LogP contribution >= 0.6 is 0 Å². The quantitative estimate of drug-likeness (QED) is 0.775. The molecule has 1 aromatic carbocycles. The van der Waals surface area contributed by atoms with Crippen LogP contribution in [0.1, 0.15) is 45.6 Å². The molecule has 2 N–H and O–H groups in total. The van der Waals surface area contributed by atoms with Crippen LogP contribution in [0, 0.1) is 5.41 Å². The summed E-state index contributed by atoms with van der Waals surface area (Å²) in [5, 5.41) is 11.8. The minimum atomic E-state index is -0.139. The van der Waals surface area contributed by atoms with Crippen molar-refractivity contribution >= 4 is 5.91 Å². The largest absolute Gasteiger partial charge is 0.483 e. The second-order valence-electron chi connectivity index (χ2n) is 6.40. The van der Waals surface area contributed by atoms with E-state index in [4.69, 9.17) is 9.84 Å². The van der Waals surface area contributed by atoms with Crippen molar-refractivity contribution in [3.8, 4) is 5.75 Å². The van der Waals surface area contributed by atoms with E-state index in [1.54, 1.807) is 0 Å². The van der Waals surface area contributed by atoms with Gasteiger partial charge < -0.3 is 15.2 Å². The molecule has 0 spiro atoms. The Kier molecular flexibility index (Phi) is 6.69. The van der Waals surface area contributed by atoms with E-state index >= 15 is 0 Å². The fourth-order valence-electron chi connectivity index (χ4n) is 2.01. The first-order chi connectivity index (χ1) is 9.85. The van der Waals surface area contributed by atoms with Crippen LogP contribution in [0.25, 0.3) is 0 Å². The van der Waals surface area contributed by atoms with E-state index < -0.39 is 0 Å². The van der Waals surface area contributed by atoms with Crippen molar-refractivity contribution in [2.75, 3.05) is 19.8 Å². The number of hydrogen-bond acceptors (Lipinski definition) is 3. The molecule has 0 saturated heterocycles. The standard InChI is InChI=1S/C17H27NO3/c1-13(2)14-7-5-6-8-15(14)21-11-16(20)18-12-17(3,4)9-10-19/h5-8,13,19H,9-12H2,1-4H3,(H,18,20). The molecule has 1 aromatic rings. The summed E-state index contributed by atoms with van der Waals surface area (Å²) in [6, 6.07) is 7.78. The van der Waals surface area contributed by atoms with E-state index in [0.29, 0.717) is 18.9 Å². The zero-order valence-electron chi connectivity index (χ0n) is 13.5. The Morgan fingerprint density at radius 1 is 1.33 bits per heavy atom. The maximum atomic E-state index is 11.8. The van der Waals surface area contributed by atoms with Crippen molar-refractivity contribution in [3.63, 3.8) is 0 Å². The molecule has 0 bridgehead atoms. The number of hydrogen-bond donors (Lipinski definition) is 2. The van der Waals surface area contributed by atoms with Crippen LogP contribution in [0.2, 0.25) is 0 Å². The Hall–Kier alpha value is -1.55. The van der Waals surface area contributed by atoms with E-state index in [1.807, 2.05) is 38.1 Å². The zero-order valence-corrected chi connectivity index (χ0v) is 13.5. The van der Waals surface area contributed by atoms with E-state index in [9.17, 15) is 4.79 Å². The molecule has 0 heterocycles. The monoisotopic (exact) mass is 293 g/mol. The number of para-hydroxylation sites is 1. The van der Waals surface area contributed by atoms with Crippen LogP contribution in [-0.2, 0) is 4.79 Å². The van der Waals surface area contributed by atoms with Gasteiger partial charge in [0.1, 0.15) is 5.75 Å². The third kappa shape index (κ3) is 6.17. The molecular weight excluding hydrogens is 266 g/mol. The van der Waals surface area contributed by atoms with E-state index in [-0.39, 0.29) is 24.5 Å². The van der Waals surface area contributed by atoms with Gasteiger partial charge in [0.25, 0.3) is 5.91 Å². The first-order valence-corrected chi connectivity index (χ1v) is 7.45. The second kappa shape index (κ2) is 8.03. The van der Waals surface area contributed by atoms with Gasteiger partial charge in [0, 0.05) is 13.2 Å². The minimum Gasteiger partial charge on any atom is -0.483 e. The lowest BCUT2D eigenvalue weighted by atomic mass is 9.90. The SMILES string of the molecule is CC(C)c1ccccc1OCC(=O)NCC(C)(C)CCO. The molecule has 0 atom stereocenters. The summed E-state index contributed by atoms with van der Waals surface area (Å²) in [6.45, 7) is 8.89. The summed E-state index contributed by atoms with van der Waals surface area (Å²) in [5.74, 6) is 0.976. The fraction of sp³-hybridized carbons (Fsp3) is 0.588. The lowest BCUT2D eigenvalue weighted by Gasteiger charge is -2.23. The number of benzene rings is 1. The highest BCUT2D eigenvalue weighted by Crippen LogP contribution is 2.25. The van der Waals surface area contributed by atoms with E-state index in [0.717, 1.165) is 11.3 Å². The summed E-state index contributed by atoms with van der Waals surface area (Å²) in [7, 11) is 0. The molecule has 4 nitrogen and oxygen atoms in total. The van der Waals surface area contributed by atoms with Gasteiger partial charge in [-0.2, -0.15) is 0 Å². The number of carbonyl (C=O) groups excluding carboxylic acids is 1. The summed E-state index contributed by atoms with van der Waals surface area (Å²) >= 11 is 0. The van der Waals surface area contributed by atoms with Gasteiger partial charge in [0.2, 0.25) is 0 Å². The zero-order chi connectivity index (χ0) is 15.9. The average Bonchev–Trinajstić information content (AvgIpc) is 2.43. The molecule has 0 aliphatic heterocycles. The number of aliphatic hydroxyl groups excluding tert-OH is 1. The number of carbonyl (C=O) groups is 1. The first-order valence-electron chi connectivity index (χ1n) is 7.45. The van der Waals surface area contributed by atoms with Crippen LogP contribution in [0.3, 0.4) is 0 Å². The number of ether oxygens (including phenoxy) is 1. The molecule has 0 aromatic heterocycles. The van der Waals surface area contributed by atoms with Gasteiger partial charge in [-0.25, -0.2) is 0 Å². The van der Waals surface area contributed by atoms with Crippen LogP contribution in [0.4, 0.5) is 0 Å². The van der Waals surface area contributed by atoms with Gasteiger partial charge in [0.05, 0.1) is 0 Å². The van der Waals surface area contributed by atoms with Crippen molar-refractivity contribution in [3.05, 3.63) is 29.8 Å². The van der Waals surface area contributed by atoms with Crippen LogP contribution < -0.4 is 10.1 Å². The predicted octanol–water partition coefficient (Wildman–Crippen LogP) is 2.71. The van der Waals surface area contributed by atoms with Crippen LogP contribution in [0.15, 0.2) is 24.3 Å². The number of amides is 1. The van der Waals surface area contributed by atoms with Crippen molar-refractivity contribution < 1.29 is 14.6 Å². The average molecular weight is 293 g/mol. The molecule has 118 valence electrons. The summed E-state index contributed by atoms with van der Waals surface area (Å²) < 4.78 is 5.62. The van der Waals surface area contributed by atoms with Gasteiger partial charge in [-0.1, -0.05) is 45.9 Å². The van der Waals surface area contributed by atoms with E-state index in [2.05, 4.69) is 19.2 Å². The molecule has 21 heavy (non-hydrogen) atoms. The molecule has 0 fully saturated rings. The molecule has 0 saturated carbocycles. The predicted molar refractivity (Wildman–Crippen MR) is 84.5 cm³/mol. The van der Waals surface area contributed by atoms with Gasteiger partial charge in [-0.15, -0.1) is 0 Å². The second-order valence-corrected chi connectivity index (χ2v) is 6.40. The van der Waals surface area contributed by atoms with Crippen molar-refractivity contribution in [1.29, 1.82) is 0 Å². The lowest BCUT2D eigenvalue weighted by Crippen LogP contribution is -2.37. The molecule has 0 unspecified atom stereocenters. The molecule has 1 amide bonds. The molecule has 4 heteroatoms. The van der Waals surface area contributed by atoms with Crippen molar-refractivity contribution in [2.24, 2.45) is 5.41 Å². The van der Waals surface area contributed by atoms with Crippen molar-refractivity contribution in [1.82, 2.24) is 5.32 Å². The normalized spacial score (nSPS) is 11.5. The Bertz CT molecular complexity index is 455. The summed E-state index contributed by atoms with van der Waals surface area (Å²) in [6.07, 6.45) is 0.657. The Labute approximate surface area is 127 Å². The molecule has 1 rings (SSSR count). The Balaban J connectivity index is 2.47. The Morgan fingerprint density at radius 3 is 2.62 bits per heavy atom. The lowest BCUT2D eigenvalue weighted by molar-refractivity contribution is -0.123. The summed E-state index contributed by atoms with van der Waals surface area (Å²) in [5.41, 5.74) is 0.992. The third-order valence-corrected chi connectivity index (χ3v) is 3.45. The summed E-state index contributed by atoms with van der Waals surface area (Å²) in [4.78, 5) is 11.8. The highest BCUT2D eigenvalue weighted by molar-refractivity contribution is 5.77. The smallest absolute Gasteiger partial charge is 0.257 e.